The minimum Gasteiger partial charge on any atom is -0.300 e. The largest absolute Gasteiger partial charge is 0.300 e. The molecule has 0 aliphatic heterocycles. The van der Waals surface area contributed by atoms with E-state index < -0.39 is 0 Å². The Hall–Kier alpha value is -1.94. The lowest BCUT2D eigenvalue weighted by Gasteiger charge is -2.18. The Kier molecular flexibility index (Phi) is 7.83. The van der Waals surface area contributed by atoms with Gasteiger partial charge < -0.3 is 0 Å². The molecule has 0 bridgehead atoms. The van der Waals surface area contributed by atoms with Gasteiger partial charge in [0.05, 0.1) is 15.8 Å². The van der Waals surface area contributed by atoms with Crippen molar-refractivity contribution >= 4 is 57.3 Å². The first kappa shape index (κ1) is 23.2. The number of hydrogen-bond acceptors (Lipinski definition) is 7. The van der Waals surface area contributed by atoms with E-state index in [2.05, 4.69) is 32.3 Å². The van der Waals surface area contributed by atoms with Gasteiger partial charge in [-0.15, -0.1) is 27.0 Å². The molecule has 0 radical (unpaired) electrons. The van der Waals surface area contributed by atoms with Gasteiger partial charge in [-0.2, -0.15) is 0 Å². The second kappa shape index (κ2) is 10.8. The lowest BCUT2D eigenvalue weighted by molar-refractivity contribution is -0.113. The van der Waals surface area contributed by atoms with Crippen LogP contribution in [-0.4, -0.2) is 36.6 Å². The Balaban J connectivity index is 1.40. The third-order valence-electron chi connectivity index (χ3n) is 5.18. The van der Waals surface area contributed by atoms with Crippen LogP contribution in [0.3, 0.4) is 0 Å². The van der Waals surface area contributed by atoms with Gasteiger partial charge in [-0.3, -0.25) is 14.7 Å². The van der Waals surface area contributed by atoms with E-state index in [9.17, 15) is 4.79 Å². The molecule has 1 N–H and O–H groups in total. The van der Waals surface area contributed by atoms with Crippen molar-refractivity contribution in [1.29, 1.82) is 0 Å². The quantitative estimate of drug-likeness (QED) is 0.293. The molecular formula is C21H22Cl2N6OS2. The standard InChI is InChI=1S/C21H22Cl2N6OS2/c1-2-10-29-18(14-8-9-15(22)16(23)11-14)25-28-21(29)31-12-17(30)24-20-27-26-19(32-20)13-6-4-3-5-7-13/h2,8-9,11,13H,1,3-7,10,12H2,(H,24,27,30). The Morgan fingerprint density at radius 3 is 2.75 bits per heavy atom. The molecule has 1 fully saturated rings. The van der Waals surface area contributed by atoms with Gasteiger partial charge in [0, 0.05) is 18.0 Å². The van der Waals surface area contributed by atoms with E-state index in [0.29, 0.717) is 38.6 Å². The molecule has 11 heteroatoms. The second-order valence-corrected chi connectivity index (χ2v) is 10.2. The number of hydrogen-bond donors (Lipinski definition) is 1. The van der Waals surface area contributed by atoms with Crippen molar-refractivity contribution in [2.45, 2.75) is 49.7 Å². The van der Waals surface area contributed by atoms with Crippen molar-refractivity contribution in [2.24, 2.45) is 0 Å². The van der Waals surface area contributed by atoms with Crippen LogP contribution < -0.4 is 5.32 Å². The summed E-state index contributed by atoms with van der Waals surface area (Å²) in [5.41, 5.74) is 0.786. The molecule has 1 saturated carbocycles. The molecule has 0 unspecified atom stereocenters. The smallest absolute Gasteiger partial charge is 0.236 e. The lowest BCUT2D eigenvalue weighted by atomic mass is 9.90. The number of nitrogens with zero attached hydrogens (tertiary/aromatic N) is 5. The molecule has 3 aromatic rings. The first-order valence-electron chi connectivity index (χ1n) is 10.3. The van der Waals surface area contributed by atoms with Crippen molar-refractivity contribution in [3.8, 4) is 11.4 Å². The number of amides is 1. The molecule has 1 amide bonds. The van der Waals surface area contributed by atoms with E-state index in [0.717, 1.165) is 23.4 Å². The highest BCUT2D eigenvalue weighted by Crippen LogP contribution is 2.35. The third-order valence-corrected chi connectivity index (χ3v) is 7.89. The highest BCUT2D eigenvalue weighted by Gasteiger charge is 2.21. The maximum Gasteiger partial charge on any atom is 0.236 e. The first-order chi connectivity index (χ1) is 15.5. The van der Waals surface area contributed by atoms with Gasteiger partial charge in [0.1, 0.15) is 5.01 Å². The Morgan fingerprint density at radius 2 is 2.00 bits per heavy atom. The van der Waals surface area contributed by atoms with Crippen LogP contribution in [0.2, 0.25) is 10.0 Å². The first-order valence-corrected chi connectivity index (χ1v) is 12.9. The summed E-state index contributed by atoms with van der Waals surface area (Å²) < 4.78 is 1.89. The van der Waals surface area contributed by atoms with Gasteiger partial charge in [0.25, 0.3) is 0 Å². The maximum atomic E-state index is 12.5. The molecule has 0 atom stereocenters. The number of rotatable bonds is 8. The number of nitrogens with one attached hydrogen (secondary N) is 1. The SMILES string of the molecule is C=CCn1c(SCC(=O)Nc2nnc(C3CCCCC3)s2)nnc1-c1ccc(Cl)c(Cl)c1. The highest BCUT2D eigenvalue weighted by atomic mass is 35.5. The summed E-state index contributed by atoms with van der Waals surface area (Å²) in [5, 5.41) is 22.9. The zero-order valence-electron chi connectivity index (χ0n) is 17.3. The van der Waals surface area contributed by atoms with Crippen LogP contribution in [0.15, 0.2) is 36.0 Å². The zero-order valence-corrected chi connectivity index (χ0v) is 20.4. The lowest BCUT2D eigenvalue weighted by Crippen LogP contribution is -2.14. The molecule has 1 aliphatic rings. The van der Waals surface area contributed by atoms with Gasteiger partial charge in [0.15, 0.2) is 11.0 Å². The number of benzene rings is 1. The molecule has 2 aromatic heterocycles. The van der Waals surface area contributed by atoms with Crippen molar-refractivity contribution in [3.05, 3.63) is 45.9 Å². The molecule has 4 rings (SSSR count). The van der Waals surface area contributed by atoms with Crippen LogP contribution in [0.1, 0.15) is 43.0 Å². The minimum atomic E-state index is -0.161. The molecular weight excluding hydrogens is 487 g/mol. The Bertz CT molecular complexity index is 1110. The van der Waals surface area contributed by atoms with E-state index in [4.69, 9.17) is 23.2 Å². The predicted molar refractivity (Wildman–Crippen MR) is 131 cm³/mol. The number of carbonyl (C=O) groups excluding carboxylic acids is 1. The number of anilines is 1. The van der Waals surface area contributed by atoms with Gasteiger partial charge in [-0.05, 0) is 31.0 Å². The fourth-order valence-electron chi connectivity index (χ4n) is 3.62. The van der Waals surface area contributed by atoms with Gasteiger partial charge in [-0.1, -0.05) is 71.6 Å². The molecule has 168 valence electrons. The van der Waals surface area contributed by atoms with Gasteiger partial charge in [-0.25, -0.2) is 0 Å². The summed E-state index contributed by atoms with van der Waals surface area (Å²) in [6, 6.07) is 5.29. The second-order valence-electron chi connectivity index (χ2n) is 7.45. The van der Waals surface area contributed by atoms with E-state index in [1.54, 1.807) is 18.2 Å². The van der Waals surface area contributed by atoms with Crippen molar-refractivity contribution in [2.75, 3.05) is 11.1 Å². The van der Waals surface area contributed by atoms with Crippen molar-refractivity contribution in [1.82, 2.24) is 25.0 Å². The normalized spacial score (nSPS) is 14.4. The summed E-state index contributed by atoms with van der Waals surface area (Å²) in [7, 11) is 0. The summed E-state index contributed by atoms with van der Waals surface area (Å²) in [6.07, 6.45) is 7.81. The average Bonchev–Trinajstić information content (AvgIpc) is 3.42. The van der Waals surface area contributed by atoms with Crippen LogP contribution in [0, 0.1) is 0 Å². The third kappa shape index (κ3) is 5.51. The number of thioether (sulfide) groups is 1. The van der Waals surface area contributed by atoms with Gasteiger partial charge >= 0.3 is 0 Å². The highest BCUT2D eigenvalue weighted by molar-refractivity contribution is 7.99. The number of carbonyl (C=O) groups is 1. The molecule has 1 aromatic carbocycles. The van der Waals surface area contributed by atoms with E-state index >= 15 is 0 Å². The van der Waals surface area contributed by atoms with Crippen LogP contribution in [0.4, 0.5) is 5.13 Å². The topological polar surface area (TPSA) is 85.6 Å². The van der Waals surface area contributed by atoms with Crippen LogP contribution in [0.25, 0.3) is 11.4 Å². The van der Waals surface area contributed by atoms with E-state index in [1.165, 1.54) is 42.4 Å². The fraction of sp³-hybridized carbons (Fsp3) is 0.381. The predicted octanol–water partition coefficient (Wildman–Crippen LogP) is 6.07. The summed E-state index contributed by atoms with van der Waals surface area (Å²) in [4.78, 5) is 12.5. The maximum absolute atomic E-state index is 12.5. The Morgan fingerprint density at radius 1 is 1.19 bits per heavy atom. The molecule has 1 aliphatic carbocycles. The van der Waals surface area contributed by atoms with Crippen LogP contribution in [-0.2, 0) is 11.3 Å². The number of allylic oxidation sites excluding steroid dienone is 1. The van der Waals surface area contributed by atoms with Crippen LogP contribution >= 0.6 is 46.3 Å². The van der Waals surface area contributed by atoms with Crippen molar-refractivity contribution in [3.63, 3.8) is 0 Å². The summed E-state index contributed by atoms with van der Waals surface area (Å²) in [6.45, 7) is 4.30. The Labute approximate surface area is 204 Å². The van der Waals surface area contributed by atoms with E-state index in [-0.39, 0.29) is 11.7 Å². The summed E-state index contributed by atoms with van der Waals surface area (Å²) in [5.74, 6) is 1.12. The van der Waals surface area contributed by atoms with Gasteiger partial charge in [0.2, 0.25) is 11.0 Å². The number of halogens is 2. The monoisotopic (exact) mass is 508 g/mol. The van der Waals surface area contributed by atoms with Crippen LogP contribution in [0.5, 0.6) is 0 Å². The molecule has 0 spiro atoms. The average molecular weight is 509 g/mol. The number of aromatic nitrogens is 5. The molecule has 32 heavy (non-hydrogen) atoms. The van der Waals surface area contributed by atoms with Crippen molar-refractivity contribution < 1.29 is 4.79 Å². The minimum absolute atomic E-state index is 0.161. The molecule has 0 saturated heterocycles. The molecule has 2 heterocycles. The summed E-state index contributed by atoms with van der Waals surface area (Å²) >= 11 is 14.9. The van der Waals surface area contributed by atoms with E-state index in [1.807, 2.05) is 10.6 Å². The fourth-order valence-corrected chi connectivity index (χ4v) is 5.60. The molecule has 7 nitrogen and oxygen atoms in total. The zero-order chi connectivity index (χ0) is 22.5.